The number of aryl methyl sites for hydroxylation is 1. The lowest BCUT2D eigenvalue weighted by atomic mass is 10.3. The maximum atomic E-state index is 13.4. The van der Waals surface area contributed by atoms with Crippen molar-refractivity contribution >= 4 is 33.0 Å². The highest BCUT2D eigenvalue weighted by Crippen LogP contribution is 2.23. The molecule has 0 spiro atoms. The lowest BCUT2D eigenvalue weighted by molar-refractivity contribution is 0.122. The minimum Gasteiger partial charge on any atom is -0.378 e. The van der Waals surface area contributed by atoms with Crippen LogP contribution in [-0.2, 0) is 14.8 Å². The fourth-order valence-corrected chi connectivity index (χ4v) is 4.28. The molecule has 0 unspecified atom stereocenters. The summed E-state index contributed by atoms with van der Waals surface area (Å²) in [5.41, 5.74) is 1.10. The summed E-state index contributed by atoms with van der Waals surface area (Å²) in [5.74, 6) is 1.50. The van der Waals surface area contributed by atoms with Crippen molar-refractivity contribution in [2.24, 2.45) is 0 Å². The Labute approximate surface area is 180 Å². The lowest BCUT2D eigenvalue weighted by Crippen LogP contribution is -2.36. The zero-order valence-corrected chi connectivity index (χ0v) is 17.7. The molecule has 1 saturated heterocycles. The van der Waals surface area contributed by atoms with E-state index in [1.54, 1.807) is 24.3 Å². The second kappa shape index (κ2) is 8.86. The Bertz CT molecular complexity index is 1170. The molecule has 0 bridgehead atoms. The first-order valence-electron chi connectivity index (χ1n) is 9.73. The maximum absolute atomic E-state index is 13.4. The third kappa shape index (κ3) is 5.28. The summed E-state index contributed by atoms with van der Waals surface area (Å²) in [6.07, 6.45) is 0. The Balaban J connectivity index is 1.47. The second-order valence-electron chi connectivity index (χ2n) is 7.02. The van der Waals surface area contributed by atoms with Gasteiger partial charge in [0.2, 0.25) is 0 Å². The third-order valence-electron chi connectivity index (χ3n) is 4.68. The van der Waals surface area contributed by atoms with Crippen LogP contribution in [0.5, 0.6) is 0 Å². The first kappa shape index (κ1) is 21.0. The molecule has 2 aromatic carbocycles. The van der Waals surface area contributed by atoms with Crippen LogP contribution in [0.15, 0.2) is 59.5 Å². The number of morpholine rings is 1. The summed E-state index contributed by atoms with van der Waals surface area (Å²) in [4.78, 5) is 10.9. The summed E-state index contributed by atoms with van der Waals surface area (Å²) < 4.78 is 46.1. The number of nitrogens with one attached hydrogen (secondary N) is 2. The van der Waals surface area contributed by atoms with Crippen molar-refractivity contribution in [3.05, 3.63) is 66.2 Å². The van der Waals surface area contributed by atoms with Gasteiger partial charge in [0.05, 0.1) is 18.1 Å². The van der Waals surface area contributed by atoms with E-state index in [2.05, 4.69) is 24.9 Å². The number of rotatable bonds is 6. The van der Waals surface area contributed by atoms with Crippen LogP contribution in [0.3, 0.4) is 0 Å². The highest BCUT2D eigenvalue weighted by atomic mass is 32.2. The number of ether oxygens (including phenoxy) is 1. The number of nitrogens with zero attached hydrogens (tertiary/aromatic N) is 3. The van der Waals surface area contributed by atoms with Gasteiger partial charge in [-0.1, -0.05) is 6.07 Å². The Morgan fingerprint density at radius 2 is 1.71 bits per heavy atom. The van der Waals surface area contributed by atoms with Crippen LogP contribution in [0.25, 0.3) is 0 Å². The van der Waals surface area contributed by atoms with E-state index in [0.717, 1.165) is 30.7 Å². The highest BCUT2D eigenvalue weighted by Gasteiger charge is 2.16. The van der Waals surface area contributed by atoms with Crippen LogP contribution in [0.1, 0.15) is 5.82 Å². The number of aromatic nitrogens is 2. The van der Waals surface area contributed by atoms with Crippen LogP contribution in [0, 0.1) is 12.7 Å². The highest BCUT2D eigenvalue weighted by molar-refractivity contribution is 7.92. The molecule has 1 aliphatic heterocycles. The number of sulfonamides is 1. The predicted molar refractivity (Wildman–Crippen MR) is 117 cm³/mol. The molecule has 2 N–H and O–H groups in total. The smallest absolute Gasteiger partial charge is 0.261 e. The molecule has 4 rings (SSSR count). The van der Waals surface area contributed by atoms with Gasteiger partial charge in [-0.3, -0.25) is 4.72 Å². The first-order chi connectivity index (χ1) is 14.9. The molecular weight excluding hydrogens is 421 g/mol. The zero-order chi connectivity index (χ0) is 21.8. The summed E-state index contributed by atoms with van der Waals surface area (Å²) >= 11 is 0. The number of hydrogen-bond acceptors (Lipinski definition) is 7. The van der Waals surface area contributed by atoms with Gasteiger partial charge in [0, 0.05) is 30.5 Å². The molecule has 1 aromatic heterocycles. The van der Waals surface area contributed by atoms with Gasteiger partial charge in [-0.05, 0) is 49.4 Å². The third-order valence-corrected chi connectivity index (χ3v) is 6.05. The molecule has 1 aliphatic rings. The van der Waals surface area contributed by atoms with Crippen LogP contribution < -0.4 is 14.9 Å². The summed E-state index contributed by atoms with van der Waals surface area (Å²) in [5, 5.41) is 3.22. The van der Waals surface area contributed by atoms with E-state index < -0.39 is 15.8 Å². The molecule has 0 amide bonds. The molecule has 8 nitrogen and oxygen atoms in total. The predicted octanol–water partition coefficient (Wildman–Crippen LogP) is 3.31. The van der Waals surface area contributed by atoms with Crippen molar-refractivity contribution in [1.29, 1.82) is 0 Å². The molecule has 0 radical (unpaired) electrons. The fraction of sp³-hybridized carbons (Fsp3) is 0.238. The topological polar surface area (TPSA) is 96.5 Å². The molecule has 10 heteroatoms. The Morgan fingerprint density at radius 3 is 2.42 bits per heavy atom. The van der Waals surface area contributed by atoms with Crippen molar-refractivity contribution in [1.82, 2.24) is 9.97 Å². The second-order valence-corrected chi connectivity index (χ2v) is 8.71. The van der Waals surface area contributed by atoms with Crippen LogP contribution in [-0.4, -0.2) is 44.7 Å². The molecule has 0 saturated carbocycles. The van der Waals surface area contributed by atoms with E-state index in [1.165, 1.54) is 18.2 Å². The van der Waals surface area contributed by atoms with Crippen molar-refractivity contribution in [2.75, 3.05) is 41.2 Å². The molecule has 3 aromatic rings. The summed E-state index contributed by atoms with van der Waals surface area (Å²) in [6.45, 7) is 4.71. The molecule has 31 heavy (non-hydrogen) atoms. The fourth-order valence-electron chi connectivity index (χ4n) is 3.19. The lowest BCUT2D eigenvalue weighted by Gasteiger charge is -2.28. The van der Waals surface area contributed by atoms with E-state index in [4.69, 9.17) is 4.74 Å². The molecule has 2 heterocycles. The Morgan fingerprint density at radius 1 is 1.00 bits per heavy atom. The Kier molecular flexibility index (Phi) is 6.01. The van der Waals surface area contributed by atoms with Crippen molar-refractivity contribution < 1.29 is 17.5 Å². The monoisotopic (exact) mass is 443 g/mol. The van der Waals surface area contributed by atoms with Gasteiger partial charge < -0.3 is 15.0 Å². The van der Waals surface area contributed by atoms with E-state index >= 15 is 0 Å². The van der Waals surface area contributed by atoms with Crippen LogP contribution in [0.2, 0.25) is 0 Å². The number of benzene rings is 2. The van der Waals surface area contributed by atoms with Gasteiger partial charge in [0.1, 0.15) is 23.3 Å². The SMILES string of the molecule is Cc1nc(Nc2ccc(NS(=O)(=O)c3cccc(F)c3)cc2)cc(N2CCOCC2)n1. The molecule has 0 atom stereocenters. The Hall–Kier alpha value is -3.24. The van der Waals surface area contributed by atoms with Crippen LogP contribution >= 0.6 is 0 Å². The largest absolute Gasteiger partial charge is 0.378 e. The average Bonchev–Trinajstić information content (AvgIpc) is 2.75. The summed E-state index contributed by atoms with van der Waals surface area (Å²) in [7, 11) is -3.88. The first-order valence-corrected chi connectivity index (χ1v) is 11.2. The minimum absolute atomic E-state index is 0.137. The quantitative estimate of drug-likeness (QED) is 0.603. The minimum atomic E-state index is -3.88. The average molecular weight is 444 g/mol. The van der Waals surface area contributed by atoms with Gasteiger partial charge in [-0.15, -0.1) is 0 Å². The van der Waals surface area contributed by atoms with E-state index in [0.29, 0.717) is 30.5 Å². The van der Waals surface area contributed by atoms with Gasteiger partial charge >= 0.3 is 0 Å². The molecule has 1 fully saturated rings. The van der Waals surface area contributed by atoms with Crippen molar-refractivity contribution in [3.8, 4) is 0 Å². The van der Waals surface area contributed by atoms with Gasteiger partial charge in [-0.25, -0.2) is 22.8 Å². The van der Waals surface area contributed by atoms with Gasteiger partial charge in [-0.2, -0.15) is 0 Å². The maximum Gasteiger partial charge on any atom is 0.261 e. The van der Waals surface area contributed by atoms with E-state index in [9.17, 15) is 12.8 Å². The molecule has 0 aliphatic carbocycles. The van der Waals surface area contributed by atoms with E-state index in [-0.39, 0.29) is 4.90 Å². The molecular formula is C21H22FN5O3S. The summed E-state index contributed by atoms with van der Waals surface area (Å²) in [6, 6.07) is 13.4. The van der Waals surface area contributed by atoms with Crippen LogP contribution in [0.4, 0.5) is 27.4 Å². The zero-order valence-electron chi connectivity index (χ0n) is 16.9. The van der Waals surface area contributed by atoms with Gasteiger partial charge in [0.15, 0.2) is 0 Å². The van der Waals surface area contributed by atoms with E-state index in [1.807, 2.05) is 13.0 Å². The van der Waals surface area contributed by atoms with Gasteiger partial charge in [0.25, 0.3) is 10.0 Å². The number of hydrogen-bond donors (Lipinski definition) is 2. The standard InChI is InChI=1S/C21H22FN5O3S/c1-15-23-20(14-21(24-15)27-9-11-30-12-10-27)25-17-5-7-18(8-6-17)26-31(28,29)19-4-2-3-16(22)13-19/h2-8,13-14,26H,9-12H2,1H3,(H,23,24,25). The van der Waals surface area contributed by atoms with Crippen molar-refractivity contribution in [2.45, 2.75) is 11.8 Å². The number of halogens is 1. The van der Waals surface area contributed by atoms with Crippen molar-refractivity contribution in [3.63, 3.8) is 0 Å². The molecule has 162 valence electrons. The normalized spacial score (nSPS) is 14.3. The number of anilines is 4.